The van der Waals surface area contributed by atoms with E-state index in [2.05, 4.69) is 20.9 Å². The number of hydrogen-bond acceptors (Lipinski definition) is 5. The maximum atomic E-state index is 13.0. The molecule has 0 saturated carbocycles. The van der Waals surface area contributed by atoms with Gasteiger partial charge in [-0.1, -0.05) is 23.4 Å². The standard InChI is InChI=1S/C21H30N6O2/c1-5-26(13-18(28)23-19-14(2)7-6-8-15(19)3)21(29)20-16(4)27(25-24-20)17-9-11-22-12-10-17/h6-8,17,22H,5,9-13H2,1-4H3,(H,23,28). The molecule has 1 aromatic carbocycles. The molecule has 1 aromatic heterocycles. The monoisotopic (exact) mass is 398 g/mol. The molecule has 0 bridgehead atoms. The molecule has 0 atom stereocenters. The predicted molar refractivity (Wildman–Crippen MR) is 112 cm³/mol. The number of carbonyl (C=O) groups excluding carboxylic acids is 2. The number of carbonyl (C=O) groups is 2. The highest BCUT2D eigenvalue weighted by atomic mass is 16.2. The Kier molecular flexibility index (Phi) is 6.64. The van der Waals surface area contributed by atoms with Crippen molar-refractivity contribution >= 4 is 17.5 Å². The second kappa shape index (κ2) is 9.17. The molecule has 8 nitrogen and oxygen atoms in total. The number of amides is 2. The Labute approximate surface area is 171 Å². The summed E-state index contributed by atoms with van der Waals surface area (Å²) in [5.74, 6) is -0.483. The van der Waals surface area contributed by atoms with Crippen LogP contribution in [0, 0.1) is 20.8 Å². The average Bonchev–Trinajstić information content (AvgIpc) is 3.10. The van der Waals surface area contributed by atoms with Gasteiger partial charge in [0.2, 0.25) is 5.91 Å². The molecule has 156 valence electrons. The van der Waals surface area contributed by atoms with Crippen LogP contribution in [0.4, 0.5) is 5.69 Å². The molecule has 1 aliphatic heterocycles. The van der Waals surface area contributed by atoms with Crippen LogP contribution in [0.3, 0.4) is 0 Å². The first-order chi connectivity index (χ1) is 13.9. The molecule has 0 spiro atoms. The van der Waals surface area contributed by atoms with Crippen LogP contribution in [0.2, 0.25) is 0 Å². The zero-order valence-electron chi connectivity index (χ0n) is 17.7. The van der Waals surface area contributed by atoms with Crippen LogP contribution in [-0.4, -0.2) is 57.9 Å². The number of aromatic nitrogens is 3. The zero-order chi connectivity index (χ0) is 21.0. The van der Waals surface area contributed by atoms with Crippen molar-refractivity contribution in [2.24, 2.45) is 0 Å². The van der Waals surface area contributed by atoms with E-state index in [0.29, 0.717) is 12.2 Å². The summed E-state index contributed by atoms with van der Waals surface area (Å²) in [5, 5.41) is 14.7. The predicted octanol–water partition coefficient (Wildman–Crippen LogP) is 2.23. The molecule has 8 heteroatoms. The van der Waals surface area contributed by atoms with Crippen molar-refractivity contribution in [3.8, 4) is 0 Å². The second-order valence-corrected chi connectivity index (χ2v) is 7.58. The molecule has 0 unspecified atom stereocenters. The van der Waals surface area contributed by atoms with Gasteiger partial charge in [-0.15, -0.1) is 5.10 Å². The van der Waals surface area contributed by atoms with Crippen LogP contribution >= 0.6 is 0 Å². The first kappa shape index (κ1) is 21.0. The van der Waals surface area contributed by atoms with Gasteiger partial charge in [-0.25, -0.2) is 4.68 Å². The fraction of sp³-hybridized carbons (Fsp3) is 0.524. The smallest absolute Gasteiger partial charge is 0.276 e. The van der Waals surface area contributed by atoms with E-state index in [9.17, 15) is 9.59 Å². The van der Waals surface area contributed by atoms with Crippen molar-refractivity contribution in [1.29, 1.82) is 0 Å². The van der Waals surface area contributed by atoms with E-state index in [1.807, 2.05) is 50.6 Å². The SMILES string of the molecule is CCN(CC(=O)Nc1c(C)cccc1C)C(=O)c1nnn(C2CCNCC2)c1C. The van der Waals surface area contributed by atoms with Crippen LogP contribution in [0.15, 0.2) is 18.2 Å². The van der Waals surface area contributed by atoms with Gasteiger partial charge in [0.1, 0.15) is 6.54 Å². The molecule has 3 rings (SSSR count). The Morgan fingerprint density at radius 3 is 2.48 bits per heavy atom. The van der Waals surface area contributed by atoms with Gasteiger partial charge in [-0.05, 0) is 64.8 Å². The molecular formula is C21H30N6O2. The van der Waals surface area contributed by atoms with Crippen molar-refractivity contribution < 1.29 is 9.59 Å². The molecule has 0 aliphatic carbocycles. The lowest BCUT2D eigenvalue weighted by Gasteiger charge is -2.24. The number of rotatable bonds is 6. The number of benzene rings is 1. The van der Waals surface area contributed by atoms with Gasteiger partial charge < -0.3 is 15.5 Å². The topological polar surface area (TPSA) is 92.2 Å². The number of anilines is 1. The van der Waals surface area contributed by atoms with Gasteiger partial charge in [0.05, 0.1) is 11.7 Å². The molecule has 2 aromatic rings. The molecule has 29 heavy (non-hydrogen) atoms. The summed E-state index contributed by atoms with van der Waals surface area (Å²) < 4.78 is 1.86. The summed E-state index contributed by atoms with van der Waals surface area (Å²) >= 11 is 0. The molecule has 2 heterocycles. The molecule has 2 N–H and O–H groups in total. The Bertz CT molecular complexity index is 865. The molecule has 1 saturated heterocycles. The number of nitrogens with zero attached hydrogens (tertiary/aromatic N) is 4. The van der Waals surface area contributed by atoms with Gasteiger partial charge in [-0.3, -0.25) is 9.59 Å². The van der Waals surface area contributed by atoms with E-state index in [4.69, 9.17) is 0 Å². The zero-order valence-corrected chi connectivity index (χ0v) is 17.7. The van der Waals surface area contributed by atoms with E-state index in [0.717, 1.165) is 48.4 Å². The highest BCUT2D eigenvalue weighted by Crippen LogP contribution is 2.21. The fourth-order valence-electron chi connectivity index (χ4n) is 3.78. The minimum atomic E-state index is -0.262. The van der Waals surface area contributed by atoms with Crippen LogP contribution < -0.4 is 10.6 Å². The quantitative estimate of drug-likeness (QED) is 0.778. The van der Waals surface area contributed by atoms with Crippen LogP contribution in [0.1, 0.15) is 53.1 Å². The summed E-state index contributed by atoms with van der Waals surface area (Å²) in [5.41, 5.74) is 3.87. The number of nitrogens with one attached hydrogen (secondary N) is 2. The Morgan fingerprint density at radius 1 is 1.21 bits per heavy atom. The largest absolute Gasteiger partial charge is 0.328 e. The minimum absolute atomic E-state index is 0.0250. The van der Waals surface area contributed by atoms with Crippen molar-refractivity contribution in [1.82, 2.24) is 25.2 Å². The fourth-order valence-corrected chi connectivity index (χ4v) is 3.78. The van der Waals surface area contributed by atoms with Gasteiger partial charge in [-0.2, -0.15) is 0 Å². The number of para-hydroxylation sites is 1. The van der Waals surface area contributed by atoms with Crippen molar-refractivity contribution in [2.75, 3.05) is 31.5 Å². The number of likely N-dealkylation sites (N-methyl/N-ethyl adjacent to an activating group) is 1. The van der Waals surface area contributed by atoms with Crippen molar-refractivity contribution in [3.05, 3.63) is 40.7 Å². The highest BCUT2D eigenvalue weighted by molar-refractivity contribution is 5.99. The lowest BCUT2D eigenvalue weighted by atomic mass is 10.1. The maximum Gasteiger partial charge on any atom is 0.276 e. The third-order valence-electron chi connectivity index (χ3n) is 5.53. The van der Waals surface area contributed by atoms with Gasteiger partial charge in [0, 0.05) is 12.2 Å². The van der Waals surface area contributed by atoms with E-state index >= 15 is 0 Å². The molecular weight excluding hydrogens is 368 g/mol. The molecule has 1 aliphatic rings. The molecule has 2 amide bonds. The summed E-state index contributed by atoms with van der Waals surface area (Å²) in [6.07, 6.45) is 1.93. The van der Waals surface area contributed by atoms with Crippen LogP contribution in [-0.2, 0) is 4.79 Å². The van der Waals surface area contributed by atoms with Gasteiger partial charge in [0.15, 0.2) is 5.69 Å². The Morgan fingerprint density at radius 2 is 1.86 bits per heavy atom. The summed E-state index contributed by atoms with van der Waals surface area (Å²) in [6.45, 7) is 9.90. The minimum Gasteiger partial charge on any atom is -0.328 e. The average molecular weight is 399 g/mol. The third-order valence-corrected chi connectivity index (χ3v) is 5.53. The van der Waals surface area contributed by atoms with Gasteiger partial charge in [0.25, 0.3) is 5.91 Å². The van der Waals surface area contributed by atoms with Gasteiger partial charge >= 0.3 is 0 Å². The Hall–Kier alpha value is -2.74. The van der Waals surface area contributed by atoms with Crippen molar-refractivity contribution in [3.63, 3.8) is 0 Å². The number of hydrogen-bond donors (Lipinski definition) is 2. The molecule has 0 radical (unpaired) electrons. The highest BCUT2D eigenvalue weighted by Gasteiger charge is 2.26. The number of piperidine rings is 1. The van der Waals surface area contributed by atoms with Crippen LogP contribution in [0.25, 0.3) is 0 Å². The number of aryl methyl sites for hydroxylation is 2. The summed E-state index contributed by atoms with van der Waals surface area (Å²) in [6, 6.07) is 6.12. The summed E-state index contributed by atoms with van der Waals surface area (Å²) in [7, 11) is 0. The lowest BCUT2D eigenvalue weighted by molar-refractivity contribution is -0.116. The third kappa shape index (κ3) is 4.64. The summed E-state index contributed by atoms with van der Waals surface area (Å²) in [4.78, 5) is 27.1. The van der Waals surface area contributed by atoms with Crippen molar-refractivity contribution in [2.45, 2.75) is 46.6 Å². The molecule has 1 fully saturated rings. The lowest BCUT2D eigenvalue weighted by Crippen LogP contribution is -2.38. The Balaban J connectivity index is 1.70. The first-order valence-corrected chi connectivity index (χ1v) is 10.2. The van der Waals surface area contributed by atoms with E-state index in [-0.39, 0.29) is 24.4 Å². The van der Waals surface area contributed by atoms with Crippen LogP contribution in [0.5, 0.6) is 0 Å². The first-order valence-electron chi connectivity index (χ1n) is 10.2. The second-order valence-electron chi connectivity index (χ2n) is 7.58. The van der Waals surface area contributed by atoms with E-state index < -0.39 is 0 Å². The van der Waals surface area contributed by atoms with E-state index in [1.165, 1.54) is 4.90 Å². The normalized spacial score (nSPS) is 14.6. The maximum absolute atomic E-state index is 13.0. The van der Waals surface area contributed by atoms with E-state index in [1.54, 1.807) is 0 Å².